The average molecular weight is 231 g/mol. The number of para-hydroxylation sites is 1. The van der Waals surface area contributed by atoms with Crippen LogP contribution in [0.2, 0.25) is 0 Å². The van der Waals surface area contributed by atoms with E-state index in [0.717, 1.165) is 36.9 Å². The lowest BCUT2D eigenvalue weighted by Gasteiger charge is -2.22. The lowest BCUT2D eigenvalue weighted by molar-refractivity contribution is 0.0640. The molecule has 1 aromatic carbocycles. The predicted octanol–water partition coefficient (Wildman–Crippen LogP) is 3.82. The van der Waals surface area contributed by atoms with Gasteiger partial charge in [0.05, 0.1) is 0 Å². The van der Waals surface area contributed by atoms with Gasteiger partial charge in [-0.2, -0.15) is 0 Å². The van der Waals surface area contributed by atoms with E-state index in [0.29, 0.717) is 0 Å². The number of anilines is 1. The molecular formula is C15H21NO. The summed E-state index contributed by atoms with van der Waals surface area (Å²) in [5, 5.41) is 3.36. The minimum Gasteiger partial charge on any atom is -0.381 e. The largest absolute Gasteiger partial charge is 0.381 e. The van der Waals surface area contributed by atoms with Crippen LogP contribution in [-0.2, 0) is 4.74 Å². The highest BCUT2D eigenvalue weighted by molar-refractivity contribution is 5.47. The fraction of sp³-hybridized carbons (Fsp3) is 0.467. The van der Waals surface area contributed by atoms with Gasteiger partial charge in [-0.05, 0) is 43.7 Å². The molecule has 1 N–H and O–H groups in total. The Morgan fingerprint density at radius 1 is 1.24 bits per heavy atom. The van der Waals surface area contributed by atoms with E-state index in [-0.39, 0.29) is 0 Å². The number of benzene rings is 1. The van der Waals surface area contributed by atoms with E-state index >= 15 is 0 Å². The minimum atomic E-state index is 0.818. The van der Waals surface area contributed by atoms with Gasteiger partial charge < -0.3 is 10.1 Å². The first kappa shape index (κ1) is 12.2. The van der Waals surface area contributed by atoms with Crippen LogP contribution in [0.3, 0.4) is 0 Å². The zero-order valence-electron chi connectivity index (χ0n) is 10.3. The zero-order chi connectivity index (χ0) is 11.9. The molecule has 0 unspecified atom stereocenters. The summed E-state index contributed by atoms with van der Waals surface area (Å²) in [5.74, 6) is 0.818. The molecule has 1 saturated heterocycles. The van der Waals surface area contributed by atoms with Gasteiger partial charge in [0.15, 0.2) is 0 Å². The summed E-state index contributed by atoms with van der Waals surface area (Å²) in [6.07, 6.45) is 4.69. The molecule has 0 saturated carbocycles. The van der Waals surface area contributed by atoms with Crippen molar-refractivity contribution in [2.45, 2.75) is 25.7 Å². The van der Waals surface area contributed by atoms with Crippen molar-refractivity contribution in [1.82, 2.24) is 0 Å². The van der Waals surface area contributed by atoms with Crippen molar-refractivity contribution < 1.29 is 4.74 Å². The number of hydrogen-bond acceptors (Lipinski definition) is 2. The topological polar surface area (TPSA) is 21.3 Å². The maximum Gasteiger partial charge on any atom is 0.0468 e. The van der Waals surface area contributed by atoms with Gasteiger partial charge >= 0.3 is 0 Å². The molecule has 0 aliphatic carbocycles. The molecule has 2 heteroatoms. The first-order valence-electron chi connectivity index (χ1n) is 6.42. The summed E-state index contributed by atoms with van der Waals surface area (Å²) >= 11 is 0. The number of rotatable bonds is 5. The van der Waals surface area contributed by atoms with Gasteiger partial charge in [-0.1, -0.05) is 24.8 Å². The molecule has 1 aromatic rings. The monoisotopic (exact) mass is 231 g/mol. The number of hydrogen-bond donors (Lipinski definition) is 1. The maximum absolute atomic E-state index is 5.36. The molecule has 1 heterocycles. The van der Waals surface area contributed by atoms with E-state index in [9.17, 15) is 0 Å². The van der Waals surface area contributed by atoms with Crippen molar-refractivity contribution in [1.29, 1.82) is 0 Å². The molecule has 0 bridgehead atoms. The Kier molecular flexibility index (Phi) is 4.63. The fourth-order valence-corrected chi connectivity index (χ4v) is 2.20. The molecule has 0 radical (unpaired) electrons. The number of ether oxygens (including phenoxy) is 1. The fourth-order valence-electron chi connectivity index (χ4n) is 2.20. The van der Waals surface area contributed by atoms with Crippen molar-refractivity contribution >= 4 is 5.69 Å². The Morgan fingerprint density at radius 3 is 2.65 bits per heavy atom. The van der Waals surface area contributed by atoms with Crippen LogP contribution in [0.4, 0.5) is 5.69 Å². The average Bonchev–Trinajstić information content (AvgIpc) is 2.39. The third-order valence-electron chi connectivity index (χ3n) is 3.29. The Morgan fingerprint density at radius 2 is 1.94 bits per heavy atom. The van der Waals surface area contributed by atoms with Crippen LogP contribution in [-0.4, -0.2) is 13.2 Å². The highest BCUT2D eigenvalue weighted by Gasteiger charge is 2.13. The van der Waals surface area contributed by atoms with Crippen LogP contribution in [0, 0.1) is 5.92 Å². The number of nitrogens with one attached hydrogen (secondary N) is 1. The summed E-state index contributed by atoms with van der Waals surface area (Å²) in [5.41, 5.74) is 2.24. The van der Waals surface area contributed by atoms with Gasteiger partial charge in [0.1, 0.15) is 0 Å². The molecule has 1 fully saturated rings. The van der Waals surface area contributed by atoms with E-state index in [1.165, 1.54) is 19.3 Å². The Hall–Kier alpha value is -1.28. The van der Waals surface area contributed by atoms with Crippen molar-refractivity contribution in [3.05, 3.63) is 42.6 Å². The summed E-state index contributed by atoms with van der Waals surface area (Å²) in [7, 11) is 0. The molecule has 0 spiro atoms. The van der Waals surface area contributed by atoms with Gasteiger partial charge in [0.25, 0.3) is 0 Å². The smallest absolute Gasteiger partial charge is 0.0468 e. The third kappa shape index (κ3) is 4.23. The number of allylic oxidation sites excluding steroid dienone is 1. The quantitative estimate of drug-likeness (QED) is 0.831. The molecule has 2 rings (SSSR count). The normalized spacial score (nSPS) is 16.7. The second-order valence-electron chi connectivity index (χ2n) is 4.69. The van der Waals surface area contributed by atoms with Crippen LogP contribution in [0.5, 0.6) is 0 Å². The standard InChI is InChI=1S/C15H21NO/c1-13(16-15-5-3-2-4-6-15)7-8-14-9-11-17-12-10-14/h2-6,14,16H,1,7-12H2. The minimum absolute atomic E-state index is 0.818. The van der Waals surface area contributed by atoms with Gasteiger partial charge in [-0.25, -0.2) is 0 Å². The van der Waals surface area contributed by atoms with Crippen molar-refractivity contribution in [3.8, 4) is 0 Å². The van der Waals surface area contributed by atoms with Gasteiger partial charge in [-0.15, -0.1) is 0 Å². The molecule has 17 heavy (non-hydrogen) atoms. The highest BCUT2D eigenvalue weighted by Crippen LogP contribution is 2.22. The predicted molar refractivity (Wildman–Crippen MR) is 72.0 cm³/mol. The van der Waals surface area contributed by atoms with Crippen molar-refractivity contribution in [2.75, 3.05) is 18.5 Å². The van der Waals surface area contributed by atoms with E-state index in [1.807, 2.05) is 18.2 Å². The second-order valence-corrected chi connectivity index (χ2v) is 4.69. The van der Waals surface area contributed by atoms with Crippen LogP contribution in [0.1, 0.15) is 25.7 Å². The van der Waals surface area contributed by atoms with Crippen molar-refractivity contribution in [3.63, 3.8) is 0 Å². The second kappa shape index (κ2) is 6.45. The Balaban J connectivity index is 1.70. The Bertz CT molecular complexity index is 341. The summed E-state index contributed by atoms with van der Waals surface area (Å²) < 4.78 is 5.36. The summed E-state index contributed by atoms with van der Waals surface area (Å²) in [6.45, 7) is 5.96. The van der Waals surface area contributed by atoms with E-state index in [4.69, 9.17) is 4.74 Å². The van der Waals surface area contributed by atoms with E-state index in [1.54, 1.807) is 0 Å². The highest BCUT2D eigenvalue weighted by atomic mass is 16.5. The summed E-state index contributed by atoms with van der Waals surface area (Å²) in [6, 6.07) is 10.2. The van der Waals surface area contributed by atoms with Crippen LogP contribution in [0.15, 0.2) is 42.6 Å². The molecule has 92 valence electrons. The van der Waals surface area contributed by atoms with Crippen LogP contribution in [0.25, 0.3) is 0 Å². The van der Waals surface area contributed by atoms with Crippen LogP contribution < -0.4 is 5.32 Å². The van der Waals surface area contributed by atoms with Crippen molar-refractivity contribution in [2.24, 2.45) is 5.92 Å². The third-order valence-corrected chi connectivity index (χ3v) is 3.29. The van der Waals surface area contributed by atoms with Gasteiger partial charge in [-0.3, -0.25) is 0 Å². The van der Waals surface area contributed by atoms with E-state index < -0.39 is 0 Å². The summed E-state index contributed by atoms with van der Waals surface area (Å²) in [4.78, 5) is 0. The first-order chi connectivity index (χ1) is 8.34. The van der Waals surface area contributed by atoms with Crippen LogP contribution >= 0.6 is 0 Å². The molecular weight excluding hydrogens is 210 g/mol. The molecule has 1 aliphatic heterocycles. The van der Waals surface area contributed by atoms with E-state index in [2.05, 4.69) is 24.0 Å². The lowest BCUT2D eigenvalue weighted by Crippen LogP contribution is -2.16. The SMILES string of the molecule is C=C(CCC1CCOCC1)Nc1ccccc1. The molecule has 0 aromatic heterocycles. The lowest BCUT2D eigenvalue weighted by atomic mass is 9.94. The molecule has 1 aliphatic rings. The zero-order valence-corrected chi connectivity index (χ0v) is 10.3. The maximum atomic E-state index is 5.36. The molecule has 0 atom stereocenters. The van der Waals surface area contributed by atoms with Gasteiger partial charge in [0, 0.05) is 24.6 Å². The Labute approximate surface area is 104 Å². The molecule has 0 amide bonds. The molecule has 2 nitrogen and oxygen atoms in total. The first-order valence-corrected chi connectivity index (χ1v) is 6.42. The van der Waals surface area contributed by atoms with Gasteiger partial charge in [0.2, 0.25) is 0 Å².